The Labute approximate surface area is 174 Å². The number of aryl methyl sites for hydroxylation is 1. The number of nitrogens with one attached hydrogen (secondary N) is 1. The fourth-order valence-corrected chi connectivity index (χ4v) is 4.21. The van der Waals surface area contributed by atoms with Crippen LogP contribution < -0.4 is 15.6 Å². The molecule has 2 heterocycles. The van der Waals surface area contributed by atoms with Crippen LogP contribution in [0, 0.1) is 5.92 Å². The number of benzene rings is 2. The van der Waals surface area contributed by atoms with Gasteiger partial charge in [-0.05, 0) is 55.5 Å². The van der Waals surface area contributed by atoms with Gasteiger partial charge in [-0.1, -0.05) is 24.3 Å². The Balaban J connectivity index is 1.52. The zero-order valence-corrected chi connectivity index (χ0v) is 17.2. The molecule has 5 rings (SSSR count). The van der Waals surface area contributed by atoms with Crippen LogP contribution in [0.15, 0.2) is 53.3 Å². The molecule has 30 heavy (non-hydrogen) atoms. The van der Waals surface area contributed by atoms with Gasteiger partial charge in [0.1, 0.15) is 5.75 Å². The maximum atomic E-state index is 12.8. The van der Waals surface area contributed by atoms with Gasteiger partial charge in [-0.25, -0.2) is 0 Å². The summed E-state index contributed by atoms with van der Waals surface area (Å²) < 4.78 is 8.98. The number of ether oxygens (including phenoxy) is 1. The van der Waals surface area contributed by atoms with Gasteiger partial charge in [-0.2, -0.15) is 0 Å². The second-order valence-electron chi connectivity index (χ2n) is 7.79. The highest BCUT2D eigenvalue weighted by Crippen LogP contribution is 2.41. The zero-order chi connectivity index (χ0) is 20.7. The smallest absolute Gasteiger partial charge is 0.262 e. The lowest BCUT2D eigenvalue weighted by Crippen LogP contribution is -2.25. The molecule has 0 bridgehead atoms. The predicted octanol–water partition coefficient (Wildman–Crippen LogP) is 3.31. The minimum Gasteiger partial charge on any atom is -0.497 e. The Hall–Kier alpha value is -3.19. The first-order chi connectivity index (χ1) is 14.7. The monoisotopic (exact) mass is 403 g/mol. The SMILES string of the molecule is CCn1c(=O)c2ccccc2n2c(CNC(c3ccc(OC)cc3)C3CC3)nnc12. The van der Waals surface area contributed by atoms with Crippen LogP contribution in [0.25, 0.3) is 16.7 Å². The van der Waals surface area contributed by atoms with Crippen molar-refractivity contribution in [3.05, 3.63) is 70.3 Å². The van der Waals surface area contributed by atoms with Crippen LogP contribution in [-0.4, -0.2) is 26.3 Å². The van der Waals surface area contributed by atoms with Gasteiger partial charge in [0.2, 0.25) is 5.78 Å². The second-order valence-corrected chi connectivity index (χ2v) is 7.79. The van der Waals surface area contributed by atoms with E-state index in [9.17, 15) is 4.79 Å². The van der Waals surface area contributed by atoms with Gasteiger partial charge >= 0.3 is 0 Å². The fraction of sp³-hybridized carbons (Fsp3) is 0.348. The highest BCUT2D eigenvalue weighted by molar-refractivity contribution is 5.80. The number of hydrogen-bond acceptors (Lipinski definition) is 5. The molecule has 2 aromatic heterocycles. The summed E-state index contributed by atoms with van der Waals surface area (Å²) in [6.07, 6.45) is 2.45. The van der Waals surface area contributed by atoms with Crippen LogP contribution in [0.2, 0.25) is 0 Å². The van der Waals surface area contributed by atoms with Gasteiger partial charge in [-0.15, -0.1) is 10.2 Å². The van der Waals surface area contributed by atoms with Crippen molar-refractivity contribution >= 4 is 16.7 Å². The van der Waals surface area contributed by atoms with E-state index in [4.69, 9.17) is 4.74 Å². The summed E-state index contributed by atoms with van der Waals surface area (Å²) in [6.45, 7) is 3.07. The molecule has 0 radical (unpaired) electrons. The third-order valence-corrected chi connectivity index (χ3v) is 5.94. The summed E-state index contributed by atoms with van der Waals surface area (Å²) in [6, 6.07) is 16.2. The van der Waals surface area contributed by atoms with Gasteiger partial charge in [0.25, 0.3) is 5.56 Å². The fourth-order valence-electron chi connectivity index (χ4n) is 4.21. The highest BCUT2D eigenvalue weighted by Gasteiger charge is 2.32. The third kappa shape index (κ3) is 3.15. The molecule has 1 aliphatic rings. The lowest BCUT2D eigenvalue weighted by atomic mass is 10.0. The molecule has 1 unspecified atom stereocenters. The summed E-state index contributed by atoms with van der Waals surface area (Å²) in [4.78, 5) is 12.8. The summed E-state index contributed by atoms with van der Waals surface area (Å²) in [5.41, 5.74) is 2.07. The topological polar surface area (TPSA) is 73.5 Å². The molecule has 1 aliphatic carbocycles. The number of hydrogen-bond donors (Lipinski definition) is 1. The van der Waals surface area contributed by atoms with Crippen LogP contribution in [0.4, 0.5) is 0 Å². The van der Waals surface area contributed by atoms with Crippen molar-refractivity contribution in [2.24, 2.45) is 5.92 Å². The number of fused-ring (bicyclic) bond motifs is 3. The third-order valence-electron chi connectivity index (χ3n) is 5.94. The maximum absolute atomic E-state index is 12.8. The second kappa shape index (κ2) is 7.57. The van der Waals surface area contributed by atoms with E-state index in [1.165, 1.54) is 18.4 Å². The average molecular weight is 403 g/mol. The highest BCUT2D eigenvalue weighted by atomic mass is 16.5. The molecule has 1 saturated carbocycles. The van der Waals surface area contributed by atoms with E-state index < -0.39 is 0 Å². The number of nitrogens with zero attached hydrogens (tertiary/aromatic N) is 4. The van der Waals surface area contributed by atoms with Crippen LogP contribution in [0.3, 0.4) is 0 Å². The van der Waals surface area contributed by atoms with E-state index in [1.54, 1.807) is 11.7 Å². The molecule has 0 aliphatic heterocycles. The number of rotatable bonds is 7. The first-order valence-electron chi connectivity index (χ1n) is 10.4. The van der Waals surface area contributed by atoms with E-state index in [-0.39, 0.29) is 11.6 Å². The van der Waals surface area contributed by atoms with Crippen LogP contribution in [0.5, 0.6) is 5.75 Å². The molecule has 1 N–H and O–H groups in total. The van der Waals surface area contributed by atoms with Crippen LogP contribution >= 0.6 is 0 Å². The number of methoxy groups -OCH3 is 1. The van der Waals surface area contributed by atoms with Crippen molar-refractivity contribution in [3.63, 3.8) is 0 Å². The molecule has 1 atom stereocenters. The standard InChI is InChI=1S/C23H25N5O2/c1-3-27-22(29)18-6-4-5-7-19(18)28-20(25-26-23(27)28)14-24-21(15-8-9-15)16-10-12-17(30-2)13-11-16/h4-7,10-13,15,21,24H,3,8-9,14H2,1-2H3. The summed E-state index contributed by atoms with van der Waals surface area (Å²) >= 11 is 0. The van der Waals surface area contributed by atoms with Gasteiger partial charge in [0, 0.05) is 12.6 Å². The summed E-state index contributed by atoms with van der Waals surface area (Å²) in [7, 11) is 1.68. The first-order valence-corrected chi connectivity index (χ1v) is 10.4. The van der Waals surface area contributed by atoms with Crippen molar-refractivity contribution in [1.29, 1.82) is 0 Å². The quantitative estimate of drug-likeness (QED) is 0.512. The molecule has 4 aromatic rings. The van der Waals surface area contributed by atoms with Crippen molar-refractivity contribution in [2.75, 3.05) is 7.11 Å². The van der Waals surface area contributed by atoms with Crippen LogP contribution in [-0.2, 0) is 13.1 Å². The van der Waals surface area contributed by atoms with E-state index in [0.717, 1.165) is 17.1 Å². The summed E-state index contributed by atoms with van der Waals surface area (Å²) in [5, 5.41) is 13.2. The van der Waals surface area contributed by atoms with Crippen molar-refractivity contribution in [2.45, 2.75) is 38.9 Å². The predicted molar refractivity (Wildman–Crippen MR) is 116 cm³/mol. The largest absolute Gasteiger partial charge is 0.497 e. The normalized spacial score (nSPS) is 15.0. The summed E-state index contributed by atoms with van der Waals surface area (Å²) in [5.74, 6) is 2.89. The molecule has 0 spiro atoms. The molecule has 7 nitrogen and oxygen atoms in total. The van der Waals surface area contributed by atoms with Crippen molar-refractivity contribution in [3.8, 4) is 5.75 Å². The Kier molecular flexibility index (Phi) is 4.75. The average Bonchev–Trinajstić information content (AvgIpc) is 3.54. The molecule has 0 amide bonds. The molecular weight excluding hydrogens is 378 g/mol. The van der Waals surface area contributed by atoms with Gasteiger partial charge in [0.05, 0.1) is 24.6 Å². The molecule has 154 valence electrons. The lowest BCUT2D eigenvalue weighted by Gasteiger charge is -2.19. The Bertz CT molecular complexity index is 1250. The Morgan fingerprint density at radius 3 is 2.60 bits per heavy atom. The van der Waals surface area contributed by atoms with Gasteiger partial charge in [-0.3, -0.25) is 13.8 Å². The Morgan fingerprint density at radius 2 is 1.90 bits per heavy atom. The van der Waals surface area contributed by atoms with Crippen molar-refractivity contribution in [1.82, 2.24) is 24.5 Å². The number of aromatic nitrogens is 4. The van der Waals surface area contributed by atoms with Gasteiger partial charge in [0.15, 0.2) is 5.82 Å². The molecule has 1 fully saturated rings. The van der Waals surface area contributed by atoms with E-state index >= 15 is 0 Å². The Morgan fingerprint density at radius 1 is 1.13 bits per heavy atom. The first kappa shape index (κ1) is 18.8. The van der Waals surface area contributed by atoms with E-state index in [1.807, 2.05) is 47.7 Å². The molecular formula is C23H25N5O2. The van der Waals surface area contributed by atoms with E-state index in [2.05, 4.69) is 27.6 Å². The van der Waals surface area contributed by atoms with Crippen molar-refractivity contribution < 1.29 is 4.74 Å². The molecule has 7 heteroatoms. The molecule has 2 aromatic carbocycles. The maximum Gasteiger partial charge on any atom is 0.262 e. The minimum atomic E-state index is -0.0263. The minimum absolute atomic E-state index is 0.0263. The molecule has 0 saturated heterocycles. The van der Waals surface area contributed by atoms with Crippen LogP contribution in [0.1, 0.15) is 37.2 Å². The van der Waals surface area contributed by atoms with Gasteiger partial charge < -0.3 is 10.1 Å². The lowest BCUT2D eigenvalue weighted by molar-refractivity contribution is 0.413. The number of para-hydroxylation sites is 1. The van der Waals surface area contributed by atoms with E-state index in [0.29, 0.717) is 30.2 Å². The zero-order valence-electron chi connectivity index (χ0n) is 17.2.